The van der Waals surface area contributed by atoms with Crippen molar-refractivity contribution >= 4 is 50.7 Å². The fourth-order valence-electron chi connectivity index (χ4n) is 2.07. The number of benzene rings is 2. The maximum atomic E-state index is 12.2. The maximum absolute atomic E-state index is 12.2. The number of allylic oxidation sites excluding steroid dienone is 1. The lowest BCUT2D eigenvalue weighted by Crippen LogP contribution is -2.13. The number of amides is 1. The highest BCUT2D eigenvalue weighted by molar-refractivity contribution is 9.10. The molecule has 0 heterocycles. The van der Waals surface area contributed by atoms with Gasteiger partial charge in [0.25, 0.3) is 0 Å². The Morgan fingerprint density at radius 1 is 1.21 bits per heavy atom. The Bertz CT molecular complexity index is 818. The molecule has 0 atom stereocenters. The molecule has 0 saturated heterocycles. The zero-order valence-corrected chi connectivity index (χ0v) is 15.4. The van der Waals surface area contributed by atoms with Crippen molar-refractivity contribution in [2.45, 2.75) is 6.92 Å². The van der Waals surface area contributed by atoms with E-state index >= 15 is 0 Å². The molecule has 0 aromatic heterocycles. The number of carbonyl (C=O) groups excluding carboxylic acids is 2. The maximum Gasteiger partial charge on any atom is 0.339 e. The summed E-state index contributed by atoms with van der Waals surface area (Å²) in [6, 6.07) is 12.1. The molecule has 0 aliphatic rings. The predicted molar refractivity (Wildman–Crippen MR) is 99.2 cm³/mol. The summed E-state index contributed by atoms with van der Waals surface area (Å²) in [5.41, 5.74) is 2.33. The lowest BCUT2D eigenvalue weighted by Gasteiger charge is -2.09. The van der Waals surface area contributed by atoms with Crippen molar-refractivity contribution in [1.82, 2.24) is 0 Å². The molecule has 1 N–H and O–H groups in total. The molecule has 0 aliphatic carbocycles. The van der Waals surface area contributed by atoms with E-state index in [0.29, 0.717) is 16.3 Å². The fraction of sp³-hybridized carbons (Fsp3) is 0.111. The van der Waals surface area contributed by atoms with Crippen LogP contribution >= 0.6 is 27.5 Å². The van der Waals surface area contributed by atoms with Crippen LogP contribution in [-0.4, -0.2) is 19.0 Å². The second-order valence-electron chi connectivity index (χ2n) is 4.98. The van der Waals surface area contributed by atoms with Crippen LogP contribution in [0.2, 0.25) is 5.02 Å². The first kappa shape index (κ1) is 18.2. The molecule has 0 unspecified atom stereocenters. The summed E-state index contributed by atoms with van der Waals surface area (Å²) in [6.45, 7) is 1.82. The highest BCUT2D eigenvalue weighted by Crippen LogP contribution is 2.26. The number of methoxy groups -OCH3 is 1. The number of ether oxygens (including phenoxy) is 1. The summed E-state index contributed by atoms with van der Waals surface area (Å²) < 4.78 is 5.47. The lowest BCUT2D eigenvalue weighted by molar-refractivity contribution is -0.111. The Morgan fingerprint density at radius 2 is 1.92 bits per heavy atom. The van der Waals surface area contributed by atoms with E-state index in [-0.39, 0.29) is 5.91 Å². The first-order valence-corrected chi connectivity index (χ1v) is 8.21. The quantitative estimate of drug-likeness (QED) is 0.576. The summed E-state index contributed by atoms with van der Waals surface area (Å²) >= 11 is 9.33. The van der Waals surface area contributed by atoms with Gasteiger partial charge < -0.3 is 10.1 Å². The van der Waals surface area contributed by atoms with Crippen LogP contribution in [-0.2, 0) is 9.53 Å². The average molecular weight is 409 g/mol. The van der Waals surface area contributed by atoms with Gasteiger partial charge in [-0.05, 0) is 58.3 Å². The molecule has 0 bridgehead atoms. The third-order valence-electron chi connectivity index (χ3n) is 3.31. The molecule has 2 aromatic rings. The van der Waals surface area contributed by atoms with E-state index in [1.165, 1.54) is 13.2 Å². The molecule has 0 aliphatic heterocycles. The predicted octanol–water partition coefficient (Wildman–Crippen LogP) is 4.93. The van der Waals surface area contributed by atoms with Gasteiger partial charge in [0.05, 0.1) is 23.4 Å². The topological polar surface area (TPSA) is 55.4 Å². The minimum Gasteiger partial charge on any atom is -0.465 e. The van der Waals surface area contributed by atoms with Crippen LogP contribution in [0.3, 0.4) is 0 Å². The largest absolute Gasteiger partial charge is 0.465 e. The van der Waals surface area contributed by atoms with Crippen LogP contribution < -0.4 is 5.32 Å². The minimum absolute atomic E-state index is 0.300. The lowest BCUT2D eigenvalue weighted by atomic mass is 10.1. The Hall–Kier alpha value is -2.11. The molecule has 6 heteroatoms. The molecular formula is C18H15BrClNO3. The molecule has 2 aromatic carbocycles. The standard InChI is InChI=1S/C18H15BrClNO3/c1-11(12-7-8-15(20)14(19)10-12)9-17(22)21-16-6-4-3-5-13(16)18(23)24-2/h3-10H,1-2H3,(H,21,22)/b11-9-. The number of rotatable bonds is 4. The van der Waals surface area contributed by atoms with E-state index in [1.807, 2.05) is 19.1 Å². The zero-order chi connectivity index (χ0) is 17.7. The van der Waals surface area contributed by atoms with E-state index in [1.54, 1.807) is 30.3 Å². The number of anilines is 1. The zero-order valence-electron chi connectivity index (χ0n) is 13.1. The van der Waals surface area contributed by atoms with Gasteiger partial charge in [0.1, 0.15) is 0 Å². The van der Waals surface area contributed by atoms with Gasteiger partial charge in [-0.1, -0.05) is 29.8 Å². The normalized spacial score (nSPS) is 11.1. The highest BCUT2D eigenvalue weighted by atomic mass is 79.9. The molecule has 0 fully saturated rings. The average Bonchev–Trinajstić information content (AvgIpc) is 2.57. The molecular weight excluding hydrogens is 394 g/mol. The monoisotopic (exact) mass is 407 g/mol. The first-order chi connectivity index (χ1) is 11.4. The van der Waals surface area contributed by atoms with Crippen molar-refractivity contribution in [2.24, 2.45) is 0 Å². The van der Waals surface area contributed by atoms with Crippen molar-refractivity contribution in [3.63, 3.8) is 0 Å². The molecule has 2 rings (SSSR count). The van der Waals surface area contributed by atoms with E-state index in [0.717, 1.165) is 15.6 Å². The first-order valence-electron chi connectivity index (χ1n) is 7.04. The fourth-order valence-corrected chi connectivity index (χ4v) is 2.57. The van der Waals surface area contributed by atoms with E-state index in [2.05, 4.69) is 21.2 Å². The second-order valence-corrected chi connectivity index (χ2v) is 6.24. The van der Waals surface area contributed by atoms with Crippen molar-refractivity contribution in [3.05, 3.63) is 69.2 Å². The van der Waals surface area contributed by atoms with Gasteiger partial charge in [-0.2, -0.15) is 0 Å². The van der Waals surface area contributed by atoms with E-state index in [9.17, 15) is 9.59 Å². The number of hydrogen-bond acceptors (Lipinski definition) is 3. The van der Waals surface area contributed by atoms with Crippen LogP contribution in [0.1, 0.15) is 22.8 Å². The molecule has 0 radical (unpaired) electrons. The van der Waals surface area contributed by atoms with Crippen molar-refractivity contribution in [2.75, 3.05) is 12.4 Å². The number of hydrogen-bond donors (Lipinski definition) is 1. The molecule has 0 saturated carbocycles. The molecule has 0 spiro atoms. The summed E-state index contributed by atoms with van der Waals surface area (Å²) in [5.74, 6) is -0.844. The van der Waals surface area contributed by atoms with E-state index < -0.39 is 5.97 Å². The molecule has 1 amide bonds. The SMILES string of the molecule is COC(=O)c1ccccc1NC(=O)/C=C(/C)c1ccc(Cl)c(Br)c1. The number of nitrogens with one attached hydrogen (secondary N) is 1. The number of halogens is 2. The summed E-state index contributed by atoms with van der Waals surface area (Å²) in [4.78, 5) is 24.0. The third kappa shape index (κ3) is 4.46. The number of carbonyl (C=O) groups is 2. The summed E-state index contributed by atoms with van der Waals surface area (Å²) in [5, 5.41) is 3.30. The van der Waals surface area contributed by atoms with Gasteiger partial charge in [-0.3, -0.25) is 4.79 Å². The summed E-state index contributed by atoms with van der Waals surface area (Å²) in [7, 11) is 1.30. The Labute approximate surface area is 153 Å². The third-order valence-corrected chi connectivity index (χ3v) is 4.53. The van der Waals surface area contributed by atoms with Crippen molar-refractivity contribution < 1.29 is 14.3 Å². The van der Waals surface area contributed by atoms with Gasteiger partial charge in [0.15, 0.2) is 0 Å². The van der Waals surface area contributed by atoms with Gasteiger partial charge in [-0.15, -0.1) is 0 Å². The van der Waals surface area contributed by atoms with Crippen LogP contribution in [0.4, 0.5) is 5.69 Å². The second kappa shape index (κ2) is 8.13. The Kier molecular flexibility index (Phi) is 6.17. The van der Waals surface area contributed by atoms with Crippen LogP contribution in [0, 0.1) is 0 Å². The molecule has 4 nitrogen and oxygen atoms in total. The van der Waals surface area contributed by atoms with E-state index in [4.69, 9.17) is 16.3 Å². The van der Waals surface area contributed by atoms with Crippen molar-refractivity contribution in [3.8, 4) is 0 Å². The van der Waals surface area contributed by atoms with Gasteiger partial charge in [-0.25, -0.2) is 4.79 Å². The highest BCUT2D eigenvalue weighted by Gasteiger charge is 2.12. The Morgan fingerprint density at radius 3 is 2.58 bits per heavy atom. The minimum atomic E-state index is -0.506. The smallest absolute Gasteiger partial charge is 0.339 e. The van der Waals surface area contributed by atoms with Gasteiger partial charge in [0, 0.05) is 10.5 Å². The number of esters is 1. The van der Waals surface area contributed by atoms with Gasteiger partial charge in [0.2, 0.25) is 5.91 Å². The van der Waals surface area contributed by atoms with Crippen molar-refractivity contribution in [1.29, 1.82) is 0 Å². The summed E-state index contributed by atoms with van der Waals surface area (Å²) in [6.07, 6.45) is 1.46. The Balaban J connectivity index is 2.21. The van der Waals surface area contributed by atoms with Crippen LogP contribution in [0.25, 0.3) is 5.57 Å². The van der Waals surface area contributed by atoms with Crippen LogP contribution in [0.15, 0.2) is 53.0 Å². The van der Waals surface area contributed by atoms with Gasteiger partial charge >= 0.3 is 5.97 Å². The van der Waals surface area contributed by atoms with Crippen LogP contribution in [0.5, 0.6) is 0 Å². The molecule has 124 valence electrons. The number of para-hydroxylation sites is 1. The molecule has 24 heavy (non-hydrogen) atoms.